The molecule has 6 nitrogen and oxygen atoms in total. The van der Waals surface area contributed by atoms with Crippen molar-refractivity contribution in [2.45, 2.75) is 32.7 Å². The number of halogens is 1. The number of piperidine rings is 1. The van der Waals surface area contributed by atoms with Gasteiger partial charge in [-0.1, -0.05) is 19.1 Å². The van der Waals surface area contributed by atoms with Crippen LogP contribution in [-0.2, 0) is 4.79 Å². The van der Waals surface area contributed by atoms with Crippen LogP contribution in [0.5, 0.6) is 0 Å². The van der Waals surface area contributed by atoms with E-state index in [0.29, 0.717) is 23.0 Å². The molecule has 0 spiro atoms. The van der Waals surface area contributed by atoms with Gasteiger partial charge in [0, 0.05) is 47.8 Å². The lowest BCUT2D eigenvalue weighted by Crippen LogP contribution is -2.38. The number of aromatic nitrogens is 2. The quantitative estimate of drug-likeness (QED) is 0.499. The first kappa shape index (κ1) is 21.4. The lowest BCUT2D eigenvalue weighted by molar-refractivity contribution is -0.110. The van der Waals surface area contributed by atoms with Crippen LogP contribution in [0.3, 0.4) is 0 Å². The van der Waals surface area contributed by atoms with Crippen molar-refractivity contribution in [3.05, 3.63) is 77.1 Å². The monoisotopic (exact) mass is 445 g/mol. The van der Waals surface area contributed by atoms with Crippen molar-refractivity contribution < 1.29 is 9.18 Å². The number of aromatic amines is 1. The molecule has 1 fully saturated rings. The fourth-order valence-electron chi connectivity index (χ4n) is 4.69. The summed E-state index contributed by atoms with van der Waals surface area (Å²) < 4.78 is 13.6. The maximum absolute atomic E-state index is 13.6. The van der Waals surface area contributed by atoms with E-state index in [2.05, 4.69) is 32.4 Å². The number of nitrogens with one attached hydrogen (secondary N) is 3. The van der Waals surface area contributed by atoms with E-state index in [0.717, 1.165) is 60.7 Å². The zero-order valence-electron chi connectivity index (χ0n) is 18.9. The molecule has 2 aromatic carbocycles. The van der Waals surface area contributed by atoms with Gasteiger partial charge in [0.2, 0.25) is 0 Å². The molecule has 3 N–H and O–H groups in total. The standard InChI is InChI=1S/C26H28FN5O/c1-3-32-12-10-19(11-13-32)30-20-8-9-22-21(14-20)24(26(33)31-22)23(25-28-15-16(2)29-25)17-4-6-18(27)7-5-17/h4-9,14-15,19,30H,3,10-13H2,1-2H3,(H,28,29)(H,31,33). The predicted octanol–water partition coefficient (Wildman–Crippen LogP) is 4.66. The van der Waals surface area contributed by atoms with Crippen LogP contribution in [0, 0.1) is 12.7 Å². The molecule has 1 aromatic heterocycles. The van der Waals surface area contributed by atoms with Crippen LogP contribution in [-0.4, -0.2) is 46.5 Å². The molecule has 0 radical (unpaired) electrons. The van der Waals surface area contributed by atoms with Crippen LogP contribution >= 0.6 is 0 Å². The number of benzene rings is 2. The third kappa shape index (κ3) is 4.28. The van der Waals surface area contributed by atoms with Gasteiger partial charge in [0.25, 0.3) is 5.91 Å². The third-order valence-corrected chi connectivity index (χ3v) is 6.50. The number of fused-ring (bicyclic) bond motifs is 1. The van der Waals surface area contributed by atoms with Crippen LogP contribution in [0.2, 0.25) is 0 Å². The number of hydrogen-bond donors (Lipinski definition) is 3. The summed E-state index contributed by atoms with van der Waals surface area (Å²) in [5.74, 6) is 0.0739. The molecule has 3 heterocycles. The maximum atomic E-state index is 13.6. The second-order valence-electron chi connectivity index (χ2n) is 8.71. The van der Waals surface area contributed by atoms with E-state index < -0.39 is 0 Å². The molecule has 33 heavy (non-hydrogen) atoms. The summed E-state index contributed by atoms with van der Waals surface area (Å²) in [7, 11) is 0. The van der Waals surface area contributed by atoms with Crippen molar-refractivity contribution in [3.63, 3.8) is 0 Å². The van der Waals surface area contributed by atoms with E-state index in [9.17, 15) is 9.18 Å². The Morgan fingerprint density at radius 2 is 1.94 bits per heavy atom. The van der Waals surface area contributed by atoms with Crippen LogP contribution in [0.1, 0.15) is 42.4 Å². The summed E-state index contributed by atoms with van der Waals surface area (Å²) >= 11 is 0. The van der Waals surface area contributed by atoms with Gasteiger partial charge in [0.05, 0.1) is 11.3 Å². The summed E-state index contributed by atoms with van der Waals surface area (Å²) in [4.78, 5) is 23.4. The topological polar surface area (TPSA) is 73.0 Å². The second-order valence-corrected chi connectivity index (χ2v) is 8.71. The highest BCUT2D eigenvalue weighted by Crippen LogP contribution is 2.40. The van der Waals surface area contributed by atoms with Gasteiger partial charge in [-0.2, -0.15) is 0 Å². The van der Waals surface area contributed by atoms with Gasteiger partial charge in [-0.25, -0.2) is 9.37 Å². The van der Waals surface area contributed by atoms with Crippen LogP contribution in [0.4, 0.5) is 15.8 Å². The molecule has 1 amide bonds. The molecule has 2 aliphatic rings. The maximum Gasteiger partial charge on any atom is 0.257 e. The van der Waals surface area contributed by atoms with Crippen LogP contribution in [0.25, 0.3) is 11.1 Å². The zero-order chi connectivity index (χ0) is 22.9. The van der Waals surface area contributed by atoms with Crippen molar-refractivity contribution >= 4 is 28.4 Å². The largest absolute Gasteiger partial charge is 0.382 e. The number of imidazole rings is 1. The minimum Gasteiger partial charge on any atom is -0.382 e. The number of rotatable bonds is 5. The van der Waals surface area contributed by atoms with Crippen LogP contribution < -0.4 is 10.6 Å². The van der Waals surface area contributed by atoms with E-state index in [-0.39, 0.29) is 11.7 Å². The highest BCUT2D eigenvalue weighted by molar-refractivity contribution is 6.38. The van der Waals surface area contributed by atoms with Crippen molar-refractivity contribution in [1.82, 2.24) is 14.9 Å². The fourth-order valence-corrected chi connectivity index (χ4v) is 4.69. The molecule has 5 rings (SSSR count). The zero-order valence-corrected chi connectivity index (χ0v) is 18.9. The fraction of sp³-hybridized carbons (Fsp3) is 0.308. The molecule has 3 aromatic rings. The Labute approximate surface area is 192 Å². The Balaban J connectivity index is 1.55. The molecule has 0 bridgehead atoms. The van der Waals surface area contributed by atoms with Crippen molar-refractivity contribution in [1.29, 1.82) is 0 Å². The average molecular weight is 446 g/mol. The smallest absolute Gasteiger partial charge is 0.257 e. The normalized spacial score (nSPS) is 18.2. The number of anilines is 2. The summed E-state index contributed by atoms with van der Waals surface area (Å²) in [6, 6.07) is 12.6. The van der Waals surface area contributed by atoms with E-state index in [1.165, 1.54) is 12.1 Å². The lowest BCUT2D eigenvalue weighted by Gasteiger charge is -2.32. The number of H-pyrrole nitrogens is 1. The van der Waals surface area contributed by atoms with Crippen molar-refractivity contribution in [2.24, 2.45) is 0 Å². The average Bonchev–Trinajstić information content (AvgIpc) is 3.39. The van der Waals surface area contributed by atoms with E-state index in [4.69, 9.17) is 0 Å². The first-order valence-corrected chi connectivity index (χ1v) is 11.5. The number of nitrogens with zero attached hydrogens (tertiary/aromatic N) is 2. The minimum absolute atomic E-state index is 0.188. The Kier molecular flexibility index (Phi) is 5.72. The molecule has 7 heteroatoms. The molecular weight excluding hydrogens is 417 g/mol. The lowest BCUT2D eigenvalue weighted by atomic mass is 9.94. The highest BCUT2D eigenvalue weighted by atomic mass is 19.1. The van der Waals surface area contributed by atoms with Gasteiger partial charge >= 0.3 is 0 Å². The molecular formula is C26H28FN5O. The van der Waals surface area contributed by atoms with Gasteiger partial charge in [-0.15, -0.1) is 0 Å². The molecule has 2 aliphatic heterocycles. The Bertz CT molecular complexity index is 1210. The molecule has 0 unspecified atom stereocenters. The van der Waals surface area contributed by atoms with Gasteiger partial charge < -0.3 is 20.5 Å². The van der Waals surface area contributed by atoms with Gasteiger partial charge in [-0.05, 0) is 62.2 Å². The van der Waals surface area contributed by atoms with Gasteiger partial charge in [0.1, 0.15) is 11.6 Å². The number of hydrogen-bond acceptors (Lipinski definition) is 4. The van der Waals surface area contributed by atoms with E-state index in [1.807, 2.05) is 25.1 Å². The second kappa shape index (κ2) is 8.83. The number of carbonyl (C=O) groups excluding carboxylic acids is 1. The summed E-state index contributed by atoms with van der Waals surface area (Å²) in [5, 5.41) is 6.64. The van der Waals surface area contributed by atoms with Gasteiger partial charge in [0.15, 0.2) is 0 Å². The molecule has 170 valence electrons. The molecule has 1 saturated heterocycles. The summed E-state index contributed by atoms with van der Waals surface area (Å²) in [6.45, 7) is 7.37. The Morgan fingerprint density at radius 1 is 1.18 bits per heavy atom. The van der Waals surface area contributed by atoms with E-state index >= 15 is 0 Å². The summed E-state index contributed by atoms with van der Waals surface area (Å²) in [5.41, 5.74) is 5.33. The Morgan fingerprint density at radius 3 is 2.61 bits per heavy atom. The number of aryl methyl sites for hydroxylation is 1. The predicted molar refractivity (Wildman–Crippen MR) is 129 cm³/mol. The number of amides is 1. The van der Waals surface area contributed by atoms with Crippen LogP contribution in [0.15, 0.2) is 48.7 Å². The third-order valence-electron chi connectivity index (χ3n) is 6.50. The number of likely N-dealkylation sites (tertiary alicyclic amines) is 1. The minimum atomic E-state index is -0.324. The van der Waals surface area contributed by atoms with Gasteiger partial charge in [-0.3, -0.25) is 4.79 Å². The van der Waals surface area contributed by atoms with Crippen molar-refractivity contribution in [2.75, 3.05) is 30.3 Å². The molecule has 0 saturated carbocycles. The first-order chi connectivity index (χ1) is 16.0. The Hall–Kier alpha value is -3.45. The van der Waals surface area contributed by atoms with Crippen molar-refractivity contribution in [3.8, 4) is 0 Å². The molecule has 0 aliphatic carbocycles. The highest BCUT2D eigenvalue weighted by Gasteiger charge is 2.30. The molecule has 0 atom stereocenters. The first-order valence-electron chi connectivity index (χ1n) is 11.5. The van der Waals surface area contributed by atoms with E-state index in [1.54, 1.807) is 18.3 Å². The number of carbonyl (C=O) groups is 1. The SMILES string of the molecule is CCN1CCC(Nc2ccc3c(c2)C(=C(c2ccc(F)cc2)c2nc(C)c[nH]2)C(=O)N3)CC1. The summed E-state index contributed by atoms with van der Waals surface area (Å²) in [6.07, 6.45) is 3.99.